The number of nitrogens with two attached hydrogens (primary N) is 2. The number of anilines is 3. The fourth-order valence-corrected chi connectivity index (χ4v) is 9.87. The van der Waals surface area contributed by atoms with Crippen LogP contribution in [0.4, 0.5) is 29.8 Å². The van der Waals surface area contributed by atoms with Gasteiger partial charge in [-0.3, -0.25) is 4.90 Å². The van der Waals surface area contributed by atoms with Crippen molar-refractivity contribution in [1.29, 1.82) is 5.26 Å². The lowest BCUT2D eigenvalue weighted by atomic mass is 9.95. The van der Waals surface area contributed by atoms with Gasteiger partial charge in [0.2, 0.25) is 0 Å². The quantitative estimate of drug-likeness (QED) is 0.195. The molecule has 4 N–H and O–H groups in total. The zero-order valence-corrected chi connectivity index (χ0v) is 29.4. The molecule has 3 aromatic heterocycles. The number of hydrogen-bond acceptors (Lipinski definition) is 12. The normalized spacial score (nSPS) is 24.5. The molecule has 4 aliphatic rings. The number of benzene rings is 2. The van der Waals surface area contributed by atoms with Crippen molar-refractivity contribution < 1.29 is 27.4 Å². The first-order chi connectivity index (χ1) is 25.1. The highest BCUT2D eigenvalue weighted by molar-refractivity contribution is 7.23. The molecule has 9 rings (SSSR count). The highest BCUT2D eigenvalue weighted by Gasteiger charge is 2.50. The molecule has 0 aliphatic carbocycles. The molecule has 3 saturated heterocycles. The minimum atomic E-state index is -0.981. The number of aromatic nitrogens is 3. The Balaban J connectivity index is 1.30. The van der Waals surface area contributed by atoms with Crippen LogP contribution in [-0.4, -0.2) is 76.6 Å². The highest BCUT2D eigenvalue weighted by Crippen LogP contribution is 2.53. The average Bonchev–Trinajstić information content (AvgIpc) is 3.88. The van der Waals surface area contributed by atoms with Crippen LogP contribution < -0.4 is 25.8 Å². The van der Waals surface area contributed by atoms with Crippen molar-refractivity contribution in [1.82, 2.24) is 19.9 Å². The van der Waals surface area contributed by atoms with Gasteiger partial charge in [-0.2, -0.15) is 15.2 Å². The van der Waals surface area contributed by atoms with E-state index in [-0.39, 0.29) is 85.1 Å². The molecule has 5 atom stereocenters. The van der Waals surface area contributed by atoms with E-state index in [1.807, 2.05) is 24.0 Å². The lowest BCUT2D eigenvalue weighted by Crippen LogP contribution is -2.46. The Morgan fingerprint density at radius 3 is 2.87 bits per heavy atom. The van der Waals surface area contributed by atoms with Crippen LogP contribution in [0.5, 0.6) is 11.8 Å². The van der Waals surface area contributed by atoms with Crippen LogP contribution in [0.3, 0.4) is 0 Å². The molecule has 0 radical (unpaired) electrons. The van der Waals surface area contributed by atoms with E-state index in [9.17, 15) is 9.65 Å². The second kappa shape index (κ2) is 12.2. The summed E-state index contributed by atoms with van der Waals surface area (Å²) in [4.78, 5) is 17.9. The van der Waals surface area contributed by atoms with Gasteiger partial charge in [0.1, 0.15) is 52.9 Å². The van der Waals surface area contributed by atoms with Crippen molar-refractivity contribution in [3.63, 3.8) is 0 Å². The first-order valence-electron chi connectivity index (χ1n) is 17.0. The van der Waals surface area contributed by atoms with Crippen molar-refractivity contribution in [2.75, 3.05) is 49.3 Å². The summed E-state index contributed by atoms with van der Waals surface area (Å²) in [6.07, 6.45) is 1.99. The molecule has 11 nitrogen and oxygen atoms in total. The van der Waals surface area contributed by atoms with Crippen LogP contribution in [0.1, 0.15) is 43.4 Å². The van der Waals surface area contributed by atoms with Gasteiger partial charge < -0.3 is 30.6 Å². The van der Waals surface area contributed by atoms with E-state index in [1.54, 1.807) is 12.3 Å². The lowest BCUT2D eigenvalue weighted by molar-refractivity contribution is 0.107. The molecule has 52 heavy (non-hydrogen) atoms. The summed E-state index contributed by atoms with van der Waals surface area (Å²) in [5, 5.41) is 10.3. The maximum Gasteiger partial charge on any atom is 0.319 e. The van der Waals surface area contributed by atoms with Gasteiger partial charge in [0, 0.05) is 35.7 Å². The first-order valence-corrected chi connectivity index (χ1v) is 18.2. The van der Waals surface area contributed by atoms with Gasteiger partial charge in [-0.25, -0.2) is 18.2 Å². The van der Waals surface area contributed by atoms with Crippen LogP contribution in [0, 0.1) is 23.0 Å². The first kappa shape index (κ1) is 33.2. The van der Waals surface area contributed by atoms with Crippen LogP contribution in [0.15, 0.2) is 30.5 Å². The molecule has 0 saturated carbocycles. The Morgan fingerprint density at radius 1 is 1.21 bits per heavy atom. The number of nitriles is 1. The van der Waals surface area contributed by atoms with E-state index in [4.69, 9.17) is 42.3 Å². The predicted octanol–water partition coefficient (Wildman–Crippen LogP) is 6.56. The number of halogens is 4. The fourth-order valence-electron chi connectivity index (χ4n) is 8.60. The number of nitrogens with zero attached hydrogens (tertiary/aromatic N) is 6. The van der Waals surface area contributed by atoms with Gasteiger partial charge >= 0.3 is 6.01 Å². The van der Waals surface area contributed by atoms with Crippen molar-refractivity contribution in [3.8, 4) is 29.0 Å². The van der Waals surface area contributed by atoms with Crippen LogP contribution in [0.25, 0.3) is 32.1 Å². The summed E-state index contributed by atoms with van der Waals surface area (Å²) < 4.78 is 66.4. The number of ether oxygens (including phenoxy) is 3. The SMILES string of the molecule is CC(c1cccnc1N)N1c2nc(OCC34CCCN3C[C@H](F)C4)nc3c(F)c(-c4ccc(F)c5sc(N)c(C#N)c45)c(Cl)c(c23)OC2COCC21. The number of nitrogen functional groups attached to an aromatic ring is 2. The van der Waals surface area contributed by atoms with Gasteiger partial charge in [-0.05, 0) is 44.0 Å². The minimum Gasteiger partial charge on any atom is -0.483 e. The molecule has 16 heteroatoms. The summed E-state index contributed by atoms with van der Waals surface area (Å²) in [6.45, 7) is 3.55. The Bertz CT molecular complexity index is 2340. The Kier molecular flexibility index (Phi) is 7.81. The van der Waals surface area contributed by atoms with Crippen molar-refractivity contribution in [2.45, 2.75) is 56.1 Å². The van der Waals surface area contributed by atoms with Crippen LogP contribution in [0.2, 0.25) is 5.02 Å². The predicted molar refractivity (Wildman–Crippen MR) is 192 cm³/mol. The number of hydrogen-bond donors (Lipinski definition) is 2. The van der Waals surface area contributed by atoms with E-state index in [1.165, 1.54) is 12.1 Å². The summed E-state index contributed by atoms with van der Waals surface area (Å²) in [7, 11) is 0. The third kappa shape index (κ3) is 4.88. The number of pyridine rings is 1. The van der Waals surface area contributed by atoms with E-state index >= 15 is 8.78 Å². The van der Waals surface area contributed by atoms with E-state index < -0.39 is 41.5 Å². The molecule has 0 bridgehead atoms. The molecule has 268 valence electrons. The summed E-state index contributed by atoms with van der Waals surface area (Å²) in [5.41, 5.74) is 12.5. The third-order valence-electron chi connectivity index (χ3n) is 11.0. The van der Waals surface area contributed by atoms with E-state index in [2.05, 4.69) is 14.9 Å². The highest BCUT2D eigenvalue weighted by atomic mass is 35.5. The van der Waals surface area contributed by atoms with E-state index in [0.717, 1.165) is 30.7 Å². The number of fused-ring (bicyclic) bond motifs is 3. The summed E-state index contributed by atoms with van der Waals surface area (Å²) in [5.74, 6) is -0.793. The molecule has 4 aliphatic heterocycles. The maximum atomic E-state index is 17.5. The molecule has 0 spiro atoms. The molecular weight excluding hydrogens is 717 g/mol. The lowest BCUT2D eigenvalue weighted by Gasteiger charge is -2.36. The van der Waals surface area contributed by atoms with Gasteiger partial charge in [0.25, 0.3) is 0 Å². The topological polar surface area (TPSA) is 149 Å². The van der Waals surface area contributed by atoms with E-state index in [0.29, 0.717) is 24.3 Å². The molecule has 7 heterocycles. The Morgan fingerprint density at radius 2 is 2.06 bits per heavy atom. The summed E-state index contributed by atoms with van der Waals surface area (Å²) >= 11 is 8.08. The number of alkyl halides is 1. The molecular formula is C36H32ClF3N8O3S. The molecule has 2 aromatic carbocycles. The Labute approximate surface area is 304 Å². The van der Waals surface area contributed by atoms with Gasteiger partial charge in [-0.15, -0.1) is 11.3 Å². The van der Waals surface area contributed by atoms with Gasteiger partial charge in [0.15, 0.2) is 11.6 Å². The monoisotopic (exact) mass is 748 g/mol. The van der Waals surface area contributed by atoms with Crippen LogP contribution in [-0.2, 0) is 4.74 Å². The zero-order valence-electron chi connectivity index (χ0n) is 27.8. The average molecular weight is 749 g/mol. The molecule has 3 fully saturated rings. The molecule has 5 aromatic rings. The van der Waals surface area contributed by atoms with Crippen molar-refractivity contribution in [3.05, 3.63) is 58.2 Å². The number of rotatable bonds is 6. The molecule has 0 amide bonds. The summed E-state index contributed by atoms with van der Waals surface area (Å²) in [6, 6.07) is 7.19. The van der Waals surface area contributed by atoms with Gasteiger partial charge in [-0.1, -0.05) is 23.7 Å². The zero-order chi connectivity index (χ0) is 36.1. The smallest absolute Gasteiger partial charge is 0.319 e. The number of thiophene rings is 1. The standard InChI is InChI=1S/C36H32ClF3N8O3S/c1-16(18-4-2-8-44-32(18)42)48-22-13-49-14-23(22)51-30-26-29(45-35(46-34(26)48)50-15-36-7-3-9-47(36)12-17(38)10-36)28(40)25(27(30)37)19-5-6-21(39)31-24(19)20(11-41)33(43)52-31/h2,4-6,8,16-17,22-23H,3,7,9-10,12-15,43H2,1H3,(H2,42,44)/t16?,17-,22?,23?,36?/m1/s1. The van der Waals surface area contributed by atoms with Crippen LogP contribution >= 0.6 is 22.9 Å². The second-order valence-electron chi connectivity index (χ2n) is 13.8. The van der Waals surface area contributed by atoms with Gasteiger partial charge in [0.05, 0.1) is 51.5 Å². The third-order valence-corrected chi connectivity index (χ3v) is 12.4. The minimum absolute atomic E-state index is 0.00525. The van der Waals surface area contributed by atoms with Crippen molar-refractivity contribution in [2.24, 2.45) is 0 Å². The Hall–Kier alpha value is -4.62. The second-order valence-corrected chi connectivity index (χ2v) is 15.3. The largest absolute Gasteiger partial charge is 0.483 e. The molecule has 4 unspecified atom stereocenters. The van der Waals surface area contributed by atoms with Crippen molar-refractivity contribution >= 4 is 60.6 Å². The maximum absolute atomic E-state index is 17.5. The fraction of sp³-hybridized carbons (Fsp3) is 0.389.